The molecule has 1 heterocycles. The molecule has 0 saturated heterocycles. The van der Waals surface area contributed by atoms with Crippen LogP contribution in [-0.4, -0.2) is 34.9 Å². The predicted molar refractivity (Wildman–Crippen MR) is 95.0 cm³/mol. The van der Waals surface area contributed by atoms with E-state index in [-0.39, 0.29) is 17.2 Å². The van der Waals surface area contributed by atoms with E-state index in [4.69, 9.17) is 10.5 Å². The third kappa shape index (κ3) is 4.35. The number of aliphatic imine (C=N–C) groups is 1. The normalized spacial score (nSPS) is 11.0. The number of imidazole rings is 1. The maximum absolute atomic E-state index is 11.8. The number of rotatable bonds is 6. The number of aromatic nitrogens is 2. The molecule has 0 saturated carbocycles. The number of nitrogens with two attached hydrogens (primary N) is 1. The molecule has 8 nitrogen and oxygen atoms in total. The Kier molecular flexibility index (Phi) is 6.12. The van der Waals surface area contributed by atoms with E-state index in [1.54, 1.807) is 35.9 Å². The van der Waals surface area contributed by atoms with E-state index in [2.05, 4.69) is 15.3 Å². The van der Waals surface area contributed by atoms with Crippen molar-refractivity contribution in [1.29, 1.82) is 5.26 Å². The minimum absolute atomic E-state index is 0.126. The summed E-state index contributed by atoms with van der Waals surface area (Å²) < 4.78 is 6.73. The lowest BCUT2D eigenvalue weighted by Crippen LogP contribution is -2.22. The molecule has 1 aromatic carbocycles. The van der Waals surface area contributed by atoms with Gasteiger partial charge in [0.1, 0.15) is 29.7 Å². The predicted octanol–water partition coefficient (Wildman–Crippen LogP) is 2.29. The van der Waals surface area contributed by atoms with Crippen molar-refractivity contribution in [3.05, 3.63) is 36.3 Å². The number of nitrogens with one attached hydrogen (secondary N) is 1. The van der Waals surface area contributed by atoms with Crippen molar-refractivity contribution in [3.8, 4) is 17.5 Å². The van der Waals surface area contributed by atoms with Gasteiger partial charge in [-0.2, -0.15) is 10.3 Å². The molecule has 2 rings (SSSR count). The van der Waals surface area contributed by atoms with Crippen LogP contribution in [0.15, 0.2) is 35.6 Å². The number of carbonyl (C=O) groups is 1. The lowest BCUT2D eigenvalue weighted by atomic mass is 10.2. The first-order chi connectivity index (χ1) is 12.1. The molecule has 0 unspecified atom stereocenters. The highest BCUT2D eigenvalue weighted by molar-refractivity contribution is 6.16. The average molecular weight is 340 g/mol. The van der Waals surface area contributed by atoms with E-state index in [1.807, 2.05) is 13.0 Å². The summed E-state index contributed by atoms with van der Waals surface area (Å²) in [6.07, 6.45) is 3.28. The molecule has 130 valence electrons. The van der Waals surface area contributed by atoms with E-state index in [0.29, 0.717) is 12.3 Å². The molecule has 2 aromatic rings. The monoisotopic (exact) mass is 340 g/mol. The van der Waals surface area contributed by atoms with Crippen LogP contribution in [0.1, 0.15) is 25.5 Å². The average Bonchev–Trinajstić information content (AvgIpc) is 3.01. The molecule has 0 aliphatic rings. The second-order valence-electron chi connectivity index (χ2n) is 5.20. The van der Waals surface area contributed by atoms with Gasteiger partial charge in [0.15, 0.2) is 5.71 Å². The van der Waals surface area contributed by atoms with Crippen molar-refractivity contribution in [2.24, 2.45) is 4.99 Å². The van der Waals surface area contributed by atoms with E-state index in [1.165, 1.54) is 6.33 Å². The van der Waals surface area contributed by atoms with Crippen LogP contribution in [0.4, 0.5) is 10.6 Å². The number of benzene rings is 1. The Morgan fingerprint density at radius 3 is 2.76 bits per heavy atom. The number of nitrogen functional groups attached to an aromatic ring is 1. The Morgan fingerprint density at radius 1 is 1.44 bits per heavy atom. The van der Waals surface area contributed by atoms with Crippen LogP contribution >= 0.6 is 0 Å². The summed E-state index contributed by atoms with van der Waals surface area (Å²) in [4.78, 5) is 19.7. The van der Waals surface area contributed by atoms with Crippen molar-refractivity contribution >= 4 is 17.6 Å². The molecule has 8 heteroatoms. The fraction of sp³-hybridized carbons (Fsp3) is 0.294. The van der Waals surface area contributed by atoms with Crippen LogP contribution in [0.25, 0.3) is 5.69 Å². The molecular formula is C17H20N6O2. The van der Waals surface area contributed by atoms with Gasteiger partial charge in [-0.15, -0.1) is 0 Å². The Hall–Kier alpha value is -3.34. The first-order valence-corrected chi connectivity index (χ1v) is 7.85. The van der Waals surface area contributed by atoms with Gasteiger partial charge in [-0.3, -0.25) is 4.57 Å². The van der Waals surface area contributed by atoms with Crippen LogP contribution in [-0.2, 0) is 0 Å². The van der Waals surface area contributed by atoms with Gasteiger partial charge in [0.05, 0.1) is 7.11 Å². The minimum Gasteiger partial charge on any atom is -0.497 e. The van der Waals surface area contributed by atoms with Gasteiger partial charge < -0.3 is 15.8 Å². The summed E-state index contributed by atoms with van der Waals surface area (Å²) in [6, 6.07) is 8.48. The van der Waals surface area contributed by atoms with Crippen molar-refractivity contribution < 1.29 is 9.53 Å². The summed E-state index contributed by atoms with van der Waals surface area (Å²) in [5.74, 6) is 0.942. The number of carbonyl (C=O) groups excluding carboxylic acids is 1. The molecule has 1 aromatic heterocycles. The molecule has 0 radical (unpaired) electrons. The number of ether oxygens (including phenoxy) is 1. The zero-order valence-electron chi connectivity index (χ0n) is 14.2. The highest BCUT2D eigenvalue weighted by Gasteiger charge is 2.16. The van der Waals surface area contributed by atoms with Crippen LogP contribution in [0.3, 0.4) is 0 Å². The van der Waals surface area contributed by atoms with Crippen LogP contribution in [0.2, 0.25) is 0 Å². The topological polar surface area (TPSA) is 118 Å². The second-order valence-corrected chi connectivity index (χ2v) is 5.20. The number of hydrogen-bond donors (Lipinski definition) is 2. The highest BCUT2D eigenvalue weighted by Crippen LogP contribution is 2.20. The van der Waals surface area contributed by atoms with Crippen molar-refractivity contribution in [3.63, 3.8) is 0 Å². The Bertz CT molecular complexity index is 802. The SMILES string of the molecule is CCCCNC(=O)/N=C(\C#N)c1ncn(-c2ccc(OC)cc2)c1N. The highest BCUT2D eigenvalue weighted by atomic mass is 16.5. The van der Waals surface area contributed by atoms with E-state index in [0.717, 1.165) is 18.5 Å². The fourth-order valence-electron chi connectivity index (χ4n) is 2.13. The largest absolute Gasteiger partial charge is 0.497 e. The van der Waals surface area contributed by atoms with Crippen molar-refractivity contribution in [1.82, 2.24) is 14.9 Å². The molecular weight excluding hydrogens is 320 g/mol. The Balaban J connectivity index is 2.25. The Morgan fingerprint density at radius 2 is 2.16 bits per heavy atom. The number of nitriles is 1. The first-order valence-electron chi connectivity index (χ1n) is 7.85. The molecule has 0 fully saturated rings. The van der Waals surface area contributed by atoms with Crippen molar-refractivity contribution in [2.45, 2.75) is 19.8 Å². The summed E-state index contributed by atoms with van der Waals surface area (Å²) in [5.41, 5.74) is 6.88. The molecule has 0 bridgehead atoms. The maximum Gasteiger partial charge on any atom is 0.342 e. The van der Waals surface area contributed by atoms with Gasteiger partial charge in [-0.25, -0.2) is 9.78 Å². The standard InChI is InChI=1S/C17H20N6O2/c1-3-4-9-20-17(24)22-14(10-18)15-16(19)23(11-21-15)12-5-7-13(25-2)8-6-12/h5-8,11H,3-4,9,19H2,1-2H3,(H,20,24)/b22-14+. The molecule has 0 aliphatic heterocycles. The summed E-state index contributed by atoms with van der Waals surface area (Å²) in [6.45, 7) is 2.52. The third-order valence-corrected chi connectivity index (χ3v) is 3.51. The quantitative estimate of drug-likeness (QED) is 0.618. The molecule has 0 aliphatic carbocycles. The van der Waals surface area contributed by atoms with Gasteiger partial charge in [-0.05, 0) is 30.7 Å². The summed E-state index contributed by atoms with van der Waals surface area (Å²) in [7, 11) is 1.58. The number of urea groups is 1. The van der Waals surface area contributed by atoms with E-state index in [9.17, 15) is 10.1 Å². The molecule has 3 N–H and O–H groups in total. The summed E-state index contributed by atoms with van der Waals surface area (Å²) >= 11 is 0. The molecule has 2 amide bonds. The number of anilines is 1. The van der Waals surface area contributed by atoms with Gasteiger partial charge in [0.2, 0.25) is 0 Å². The lowest BCUT2D eigenvalue weighted by molar-refractivity contribution is 0.249. The van der Waals surface area contributed by atoms with E-state index >= 15 is 0 Å². The summed E-state index contributed by atoms with van der Waals surface area (Å²) in [5, 5.41) is 11.9. The smallest absolute Gasteiger partial charge is 0.342 e. The van der Waals surface area contributed by atoms with Gasteiger partial charge in [0, 0.05) is 12.2 Å². The van der Waals surface area contributed by atoms with Gasteiger partial charge in [0.25, 0.3) is 0 Å². The lowest BCUT2D eigenvalue weighted by Gasteiger charge is -2.06. The molecule has 0 spiro atoms. The van der Waals surface area contributed by atoms with Crippen LogP contribution in [0, 0.1) is 11.3 Å². The van der Waals surface area contributed by atoms with Gasteiger partial charge in [-0.1, -0.05) is 13.3 Å². The number of methoxy groups -OCH3 is 1. The molecule has 25 heavy (non-hydrogen) atoms. The van der Waals surface area contributed by atoms with Gasteiger partial charge >= 0.3 is 6.03 Å². The number of hydrogen-bond acceptors (Lipinski definition) is 5. The van der Waals surface area contributed by atoms with Crippen LogP contribution in [0.5, 0.6) is 5.75 Å². The molecule has 0 atom stereocenters. The number of unbranched alkanes of at least 4 members (excludes halogenated alkanes) is 1. The first kappa shape index (κ1) is 18.0. The maximum atomic E-state index is 11.8. The zero-order valence-corrected chi connectivity index (χ0v) is 14.2. The second kappa shape index (κ2) is 8.49. The number of amides is 2. The van der Waals surface area contributed by atoms with E-state index < -0.39 is 6.03 Å². The fourth-order valence-corrected chi connectivity index (χ4v) is 2.13. The Labute approximate surface area is 145 Å². The third-order valence-electron chi connectivity index (χ3n) is 3.51. The van der Waals surface area contributed by atoms with Crippen molar-refractivity contribution in [2.75, 3.05) is 19.4 Å². The minimum atomic E-state index is -0.580. The zero-order chi connectivity index (χ0) is 18.2. The van der Waals surface area contributed by atoms with Crippen LogP contribution < -0.4 is 15.8 Å². The number of nitrogens with zero attached hydrogens (tertiary/aromatic N) is 4.